The SMILES string of the molecule is CCOC(=O)C1=C(C)NC(=O)N[C@@H]1c1ccoc1. The maximum atomic E-state index is 11.9. The summed E-state index contributed by atoms with van der Waals surface area (Å²) in [6.07, 6.45) is 2.98. The van der Waals surface area contributed by atoms with E-state index in [2.05, 4.69) is 10.6 Å². The van der Waals surface area contributed by atoms with Crippen molar-refractivity contribution in [3.63, 3.8) is 0 Å². The third-order valence-electron chi connectivity index (χ3n) is 2.64. The molecule has 2 amide bonds. The number of amides is 2. The van der Waals surface area contributed by atoms with Crippen molar-refractivity contribution in [1.29, 1.82) is 0 Å². The van der Waals surface area contributed by atoms with E-state index in [4.69, 9.17) is 9.15 Å². The first-order valence-corrected chi connectivity index (χ1v) is 5.61. The molecule has 6 heteroatoms. The number of esters is 1. The molecule has 0 saturated heterocycles. The van der Waals surface area contributed by atoms with E-state index < -0.39 is 12.0 Å². The van der Waals surface area contributed by atoms with Crippen molar-refractivity contribution >= 4 is 12.0 Å². The molecule has 2 N–H and O–H groups in total. The molecule has 1 aliphatic rings. The summed E-state index contributed by atoms with van der Waals surface area (Å²) in [4.78, 5) is 23.4. The molecule has 0 spiro atoms. The van der Waals surface area contributed by atoms with Crippen LogP contribution in [-0.4, -0.2) is 18.6 Å². The number of nitrogens with one attached hydrogen (secondary N) is 2. The van der Waals surface area contributed by atoms with Gasteiger partial charge in [0.2, 0.25) is 0 Å². The molecular weight excluding hydrogens is 236 g/mol. The topological polar surface area (TPSA) is 80.6 Å². The van der Waals surface area contributed by atoms with Crippen molar-refractivity contribution in [1.82, 2.24) is 10.6 Å². The zero-order valence-corrected chi connectivity index (χ0v) is 10.1. The Morgan fingerprint density at radius 2 is 2.33 bits per heavy atom. The van der Waals surface area contributed by atoms with E-state index in [1.165, 1.54) is 12.5 Å². The quantitative estimate of drug-likeness (QED) is 0.796. The van der Waals surface area contributed by atoms with Crippen LogP contribution in [0.1, 0.15) is 25.5 Å². The van der Waals surface area contributed by atoms with Crippen LogP contribution >= 0.6 is 0 Å². The summed E-state index contributed by atoms with van der Waals surface area (Å²) in [5.41, 5.74) is 1.58. The zero-order valence-electron chi connectivity index (χ0n) is 10.1. The number of carbonyl (C=O) groups excluding carboxylic acids is 2. The number of carbonyl (C=O) groups is 2. The molecule has 6 nitrogen and oxygen atoms in total. The molecule has 0 bridgehead atoms. The van der Waals surface area contributed by atoms with Gasteiger partial charge in [-0.1, -0.05) is 0 Å². The molecule has 0 fully saturated rings. The fourth-order valence-electron chi connectivity index (χ4n) is 1.86. The van der Waals surface area contributed by atoms with Gasteiger partial charge >= 0.3 is 12.0 Å². The van der Waals surface area contributed by atoms with Crippen LogP contribution in [0, 0.1) is 0 Å². The highest BCUT2D eigenvalue weighted by molar-refractivity contribution is 5.94. The summed E-state index contributed by atoms with van der Waals surface area (Å²) in [6, 6.07) is 0.797. The number of furan rings is 1. The molecule has 18 heavy (non-hydrogen) atoms. The Balaban J connectivity index is 2.38. The van der Waals surface area contributed by atoms with Crippen LogP contribution in [0.4, 0.5) is 4.79 Å². The van der Waals surface area contributed by atoms with Gasteiger partial charge in [-0.15, -0.1) is 0 Å². The molecule has 96 valence electrons. The standard InChI is InChI=1S/C12H14N2O4/c1-3-18-11(15)9-7(2)13-12(16)14-10(9)8-4-5-17-6-8/h4-6,10H,3H2,1-2H3,(H2,13,14,16)/t10-/m1/s1. The zero-order chi connectivity index (χ0) is 13.1. The minimum Gasteiger partial charge on any atom is -0.472 e. The highest BCUT2D eigenvalue weighted by atomic mass is 16.5. The molecule has 2 heterocycles. The van der Waals surface area contributed by atoms with Crippen molar-refractivity contribution in [3.05, 3.63) is 35.4 Å². The minimum atomic E-state index is -0.545. The highest BCUT2D eigenvalue weighted by Crippen LogP contribution is 2.27. The molecule has 0 saturated carbocycles. The van der Waals surface area contributed by atoms with E-state index >= 15 is 0 Å². The number of ether oxygens (including phenoxy) is 1. The lowest BCUT2D eigenvalue weighted by atomic mass is 9.98. The smallest absolute Gasteiger partial charge is 0.338 e. The molecule has 1 aromatic heterocycles. The third-order valence-corrected chi connectivity index (χ3v) is 2.64. The van der Waals surface area contributed by atoms with Crippen molar-refractivity contribution in [2.24, 2.45) is 0 Å². The Morgan fingerprint density at radius 1 is 1.56 bits per heavy atom. The lowest BCUT2D eigenvalue weighted by Crippen LogP contribution is -2.45. The fraction of sp³-hybridized carbons (Fsp3) is 0.333. The van der Waals surface area contributed by atoms with E-state index in [9.17, 15) is 9.59 Å². The van der Waals surface area contributed by atoms with Crippen LogP contribution < -0.4 is 10.6 Å². The van der Waals surface area contributed by atoms with Crippen LogP contribution in [0.25, 0.3) is 0 Å². The highest BCUT2D eigenvalue weighted by Gasteiger charge is 2.32. The van der Waals surface area contributed by atoms with Gasteiger partial charge < -0.3 is 19.8 Å². The van der Waals surface area contributed by atoms with Crippen LogP contribution in [-0.2, 0) is 9.53 Å². The van der Waals surface area contributed by atoms with Gasteiger partial charge in [-0.3, -0.25) is 0 Å². The minimum absolute atomic E-state index is 0.279. The predicted molar refractivity (Wildman–Crippen MR) is 62.4 cm³/mol. The number of allylic oxidation sites excluding steroid dienone is 1. The van der Waals surface area contributed by atoms with Gasteiger partial charge in [0.25, 0.3) is 0 Å². The molecule has 1 aliphatic heterocycles. The summed E-state index contributed by atoms with van der Waals surface area (Å²) < 4.78 is 9.98. The Kier molecular flexibility index (Phi) is 3.36. The Labute approximate surface area is 104 Å². The summed E-state index contributed by atoms with van der Waals surface area (Å²) >= 11 is 0. The monoisotopic (exact) mass is 250 g/mol. The Morgan fingerprint density at radius 3 is 2.94 bits per heavy atom. The lowest BCUT2D eigenvalue weighted by Gasteiger charge is -2.26. The summed E-state index contributed by atoms with van der Waals surface area (Å²) in [5.74, 6) is -0.450. The molecule has 1 atom stereocenters. The van der Waals surface area contributed by atoms with Crippen LogP contribution in [0.3, 0.4) is 0 Å². The Hall–Kier alpha value is -2.24. The van der Waals surface area contributed by atoms with Gasteiger partial charge in [0, 0.05) is 11.3 Å². The maximum Gasteiger partial charge on any atom is 0.338 e. The predicted octanol–water partition coefficient (Wildman–Crippen LogP) is 1.47. The summed E-state index contributed by atoms with van der Waals surface area (Å²) in [7, 11) is 0. The summed E-state index contributed by atoms with van der Waals surface area (Å²) in [5, 5.41) is 5.23. The van der Waals surface area contributed by atoms with Gasteiger partial charge in [-0.25, -0.2) is 9.59 Å². The Bertz CT molecular complexity index is 490. The van der Waals surface area contributed by atoms with Crippen LogP contribution in [0.15, 0.2) is 34.3 Å². The first-order chi connectivity index (χ1) is 8.63. The second-order valence-electron chi connectivity index (χ2n) is 3.85. The second kappa shape index (κ2) is 4.95. The first kappa shape index (κ1) is 12.2. The molecule has 2 rings (SSSR count). The number of rotatable bonds is 3. The maximum absolute atomic E-state index is 11.9. The molecular formula is C12H14N2O4. The van der Waals surface area contributed by atoms with Crippen molar-refractivity contribution in [3.8, 4) is 0 Å². The summed E-state index contributed by atoms with van der Waals surface area (Å²) in [6.45, 7) is 3.68. The van der Waals surface area contributed by atoms with Gasteiger partial charge in [0.1, 0.15) is 0 Å². The van der Waals surface area contributed by atoms with E-state index in [-0.39, 0.29) is 12.6 Å². The third kappa shape index (κ3) is 2.22. The normalized spacial score (nSPS) is 19.2. The van der Waals surface area contributed by atoms with Crippen molar-refractivity contribution in [2.45, 2.75) is 19.9 Å². The van der Waals surface area contributed by atoms with E-state index in [1.54, 1.807) is 19.9 Å². The molecule has 0 aromatic carbocycles. The van der Waals surface area contributed by atoms with Gasteiger partial charge in [0.15, 0.2) is 0 Å². The molecule has 0 unspecified atom stereocenters. The molecule has 0 aliphatic carbocycles. The van der Waals surface area contributed by atoms with E-state index in [0.29, 0.717) is 16.8 Å². The van der Waals surface area contributed by atoms with Crippen molar-refractivity contribution in [2.75, 3.05) is 6.61 Å². The van der Waals surface area contributed by atoms with E-state index in [0.717, 1.165) is 0 Å². The van der Waals surface area contributed by atoms with Crippen molar-refractivity contribution < 1.29 is 18.7 Å². The number of urea groups is 1. The van der Waals surface area contributed by atoms with Crippen LogP contribution in [0.2, 0.25) is 0 Å². The van der Waals surface area contributed by atoms with E-state index in [1.807, 2.05) is 0 Å². The van der Waals surface area contributed by atoms with Crippen LogP contribution in [0.5, 0.6) is 0 Å². The fourth-order valence-corrected chi connectivity index (χ4v) is 1.86. The largest absolute Gasteiger partial charge is 0.472 e. The second-order valence-corrected chi connectivity index (χ2v) is 3.85. The number of hydrogen-bond acceptors (Lipinski definition) is 4. The lowest BCUT2D eigenvalue weighted by molar-refractivity contribution is -0.139. The average molecular weight is 250 g/mol. The first-order valence-electron chi connectivity index (χ1n) is 5.61. The van der Waals surface area contributed by atoms with Gasteiger partial charge in [0.05, 0.1) is 30.7 Å². The molecule has 1 aromatic rings. The average Bonchev–Trinajstić information content (AvgIpc) is 2.81. The van der Waals surface area contributed by atoms with Gasteiger partial charge in [-0.05, 0) is 19.9 Å². The van der Waals surface area contributed by atoms with Gasteiger partial charge in [-0.2, -0.15) is 0 Å². The molecule has 0 radical (unpaired) electrons. The number of hydrogen-bond donors (Lipinski definition) is 2.